The average molecular weight is 500 g/mol. The molecule has 0 aliphatic rings. The predicted octanol–water partition coefficient (Wildman–Crippen LogP) is 7.29. The number of amides is 1. The molecule has 1 aromatic heterocycles. The number of rotatable bonds is 5. The second-order valence-electron chi connectivity index (χ2n) is 7.05. The number of nitrogens with zero attached hydrogens (tertiary/aromatic N) is 1. The molecule has 1 N–H and O–H groups in total. The van der Waals surface area contributed by atoms with Crippen molar-refractivity contribution >= 4 is 63.3 Å². The fourth-order valence-electron chi connectivity index (χ4n) is 3.33. The number of carbonyl (C=O) groups excluding carboxylic acids is 2. The van der Waals surface area contributed by atoms with Crippen molar-refractivity contribution in [3.63, 3.8) is 0 Å². The first kappa shape index (κ1) is 23.1. The summed E-state index contributed by atoms with van der Waals surface area (Å²) in [5, 5.41) is 4.35. The number of benzene rings is 3. The van der Waals surface area contributed by atoms with Crippen LogP contribution in [0.2, 0.25) is 15.1 Å². The number of esters is 1. The van der Waals surface area contributed by atoms with E-state index in [1.165, 1.54) is 0 Å². The lowest BCUT2D eigenvalue weighted by Crippen LogP contribution is -2.13. The van der Waals surface area contributed by atoms with E-state index in [0.29, 0.717) is 44.0 Å². The molecular weight excluding hydrogens is 483 g/mol. The van der Waals surface area contributed by atoms with Gasteiger partial charge in [-0.2, -0.15) is 0 Å². The summed E-state index contributed by atoms with van der Waals surface area (Å²) in [5.41, 5.74) is 3.01. The molecular formula is C25H17Cl3N2O3. The zero-order chi connectivity index (χ0) is 23.5. The highest BCUT2D eigenvalue weighted by atomic mass is 35.5. The molecule has 0 unspecified atom stereocenters. The molecule has 4 aromatic rings. The van der Waals surface area contributed by atoms with Gasteiger partial charge in [-0.15, -0.1) is 0 Å². The van der Waals surface area contributed by atoms with Gasteiger partial charge in [-0.1, -0.05) is 53.0 Å². The fourth-order valence-corrected chi connectivity index (χ4v) is 3.96. The summed E-state index contributed by atoms with van der Waals surface area (Å²) >= 11 is 18.7. The zero-order valence-electron chi connectivity index (χ0n) is 17.4. The number of para-hydroxylation sites is 1. The van der Waals surface area contributed by atoms with Crippen molar-refractivity contribution in [1.29, 1.82) is 0 Å². The van der Waals surface area contributed by atoms with Crippen molar-refractivity contribution in [2.45, 2.75) is 6.92 Å². The van der Waals surface area contributed by atoms with Crippen LogP contribution in [0.4, 0.5) is 5.69 Å². The quantitative estimate of drug-likeness (QED) is 0.231. The molecule has 33 heavy (non-hydrogen) atoms. The minimum atomic E-state index is -0.418. The zero-order valence-corrected chi connectivity index (χ0v) is 19.6. The van der Waals surface area contributed by atoms with Crippen molar-refractivity contribution in [1.82, 2.24) is 4.98 Å². The molecule has 166 valence electrons. The third kappa shape index (κ3) is 4.81. The second-order valence-corrected chi connectivity index (χ2v) is 8.21. The first-order valence-corrected chi connectivity index (χ1v) is 11.1. The van der Waals surface area contributed by atoms with Gasteiger partial charge >= 0.3 is 5.97 Å². The van der Waals surface area contributed by atoms with Crippen LogP contribution in [0.25, 0.3) is 22.2 Å². The Morgan fingerprint density at radius 1 is 0.939 bits per heavy atom. The number of carbonyl (C=O) groups is 2. The van der Waals surface area contributed by atoms with E-state index in [1.54, 1.807) is 49.4 Å². The molecule has 0 atom stereocenters. The van der Waals surface area contributed by atoms with Crippen molar-refractivity contribution < 1.29 is 14.3 Å². The predicted molar refractivity (Wildman–Crippen MR) is 133 cm³/mol. The Kier molecular flexibility index (Phi) is 6.84. The third-order valence-electron chi connectivity index (χ3n) is 4.93. The minimum Gasteiger partial charge on any atom is -0.462 e. The average Bonchev–Trinajstić information content (AvgIpc) is 2.82. The van der Waals surface area contributed by atoms with Crippen LogP contribution in [-0.4, -0.2) is 23.5 Å². The molecule has 0 aliphatic carbocycles. The number of fused-ring (bicyclic) bond motifs is 1. The summed E-state index contributed by atoms with van der Waals surface area (Å²) < 4.78 is 4.99. The van der Waals surface area contributed by atoms with Gasteiger partial charge in [0.25, 0.3) is 5.91 Å². The second kappa shape index (κ2) is 9.79. The lowest BCUT2D eigenvalue weighted by atomic mass is 10.0. The standard InChI is InChI=1S/C25H17Cl3N2O3/c1-2-33-25(32)14-7-9-15(10-8-14)29-24(31)18-13-21(30-20-6-4-3-5-16(18)20)17-11-12-19(26)23(28)22(17)27/h3-13H,2H2,1H3,(H,29,31). The summed E-state index contributed by atoms with van der Waals surface area (Å²) in [5.74, 6) is -0.756. The Balaban J connectivity index is 1.72. The molecule has 8 heteroatoms. The van der Waals surface area contributed by atoms with Gasteiger partial charge in [0.15, 0.2) is 0 Å². The number of hydrogen-bond donors (Lipinski definition) is 1. The van der Waals surface area contributed by atoms with E-state index >= 15 is 0 Å². The highest BCUT2D eigenvalue weighted by molar-refractivity contribution is 6.49. The van der Waals surface area contributed by atoms with Gasteiger partial charge < -0.3 is 10.1 Å². The molecule has 0 bridgehead atoms. The smallest absolute Gasteiger partial charge is 0.338 e. The molecule has 4 rings (SSSR count). The van der Waals surface area contributed by atoms with Crippen molar-refractivity contribution in [2.24, 2.45) is 0 Å². The Morgan fingerprint density at radius 2 is 1.67 bits per heavy atom. The van der Waals surface area contributed by atoms with Gasteiger partial charge in [-0.05, 0) is 55.5 Å². The van der Waals surface area contributed by atoms with Crippen LogP contribution in [0.3, 0.4) is 0 Å². The molecule has 0 aliphatic heterocycles. The molecule has 3 aromatic carbocycles. The van der Waals surface area contributed by atoms with E-state index in [1.807, 2.05) is 24.3 Å². The fraction of sp³-hybridized carbons (Fsp3) is 0.0800. The molecule has 1 heterocycles. The number of ether oxygens (including phenoxy) is 1. The van der Waals surface area contributed by atoms with E-state index in [0.717, 1.165) is 0 Å². The molecule has 0 saturated carbocycles. The van der Waals surface area contributed by atoms with E-state index in [4.69, 9.17) is 39.5 Å². The number of aromatic nitrogens is 1. The molecule has 5 nitrogen and oxygen atoms in total. The summed E-state index contributed by atoms with van der Waals surface area (Å²) in [6.07, 6.45) is 0. The van der Waals surface area contributed by atoms with Gasteiger partial charge in [-0.3, -0.25) is 4.79 Å². The third-order valence-corrected chi connectivity index (χ3v) is 6.22. The summed E-state index contributed by atoms with van der Waals surface area (Å²) in [7, 11) is 0. The monoisotopic (exact) mass is 498 g/mol. The van der Waals surface area contributed by atoms with E-state index in [9.17, 15) is 9.59 Å². The van der Waals surface area contributed by atoms with Gasteiger partial charge in [0, 0.05) is 16.6 Å². The number of pyridine rings is 1. The maximum atomic E-state index is 13.2. The van der Waals surface area contributed by atoms with Crippen LogP contribution in [0.15, 0.2) is 66.7 Å². The normalized spacial score (nSPS) is 10.8. The Labute approximate surface area is 205 Å². The highest BCUT2D eigenvalue weighted by Crippen LogP contribution is 2.38. The van der Waals surface area contributed by atoms with E-state index in [-0.39, 0.29) is 22.6 Å². The number of halogens is 3. The number of anilines is 1. The van der Waals surface area contributed by atoms with Gasteiger partial charge in [0.05, 0.1) is 44.0 Å². The highest BCUT2D eigenvalue weighted by Gasteiger charge is 2.18. The molecule has 0 spiro atoms. The Bertz CT molecular complexity index is 1370. The molecule has 0 saturated heterocycles. The SMILES string of the molecule is CCOC(=O)c1ccc(NC(=O)c2cc(-c3ccc(Cl)c(Cl)c3Cl)nc3ccccc23)cc1. The maximum Gasteiger partial charge on any atom is 0.338 e. The van der Waals surface area contributed by atoms with Crippen LogP contribution in [0.5, 0.6) is 0 Å². The first-order valence-electron chi connectivity index (χ1n) is 10.0. The maximum absolute atomic E-state index is 13.2. The summed E-state index contributed by atoms with van der Waals surface area (Å²) in [4.78, 5) is 29.7. The van der Waals surface area contributed by atoms with Crippen molar-refractivity contribution in [3.05, 3.63) is 92.9 Å². The van der Waals surface area contributed by atoms with Gasteiger partial charge in [0.1, 0.15) is 0 Å². The Morgan fingerprint density at radius 3 is 2.39 bits per heavy atom. The molecule has 0 fully saturated rings. The minimum absolute atomic E-state index is 0.221. The van der Waals surface area contributed by atoms with Gasteiger partial charge in [-0.25, -0.2) is 9.78 Å². The van der Waals surface area contributed by atoms with Crippen molar-refractivity contribution in [3.8, 4) is 11.3 Å². The molecule has 0 radical (unpaired) electrons. The number of nitrogens with one attached hydrogen (secondary N) is 1. The van der Waals surface area contributed by atoms with Crippen molar-refractivity contribution in [2.75, 3.05) is 11.9 Å². The number of hydrogen-bond acceptors (Lipinski definition) is 4. The molecule has 1 amide bonds. The first-order chi connectivity index (χ1) is 15.9. The topological polar surface area (TPSA) is 68.3 Å². The van der Waals surface area contributed by atoms with E-state index < -0.39 is 5.97 Å². The van der Waals surface area contributed by atoms with Crippen LogP contribution in [0.1, 0.15) is 27.6 Å². The summed E-state index contributed by atoms with van der Waals surface area (Å²) in [6, 6.07) is 18.8. The Hall–Kier alpha value is -3.12. The summed E-state index contributed by atoms with van der Waals surface area (Å²) in [6.45, 7) is 2.03. The van der Waals surface area contributed by atoms with Crippen LogP contribution < -0.4 is 5.32 Å². The van der Waals surface area contributed by atoms with Gasteiger partial charge in [0.2, 0.25) is 0 Å². The largest absolute Gasteiger partial charge is 0.462 e. The van der Waals surface area contributed by atoms with Crippen LogP contribution in [0, 0.1) is 0 Å². The van der Waals surface area contributed by atoms with Crippen LogP contribution in [-0.2, 0) is 4.74 Å². The lowest BCUT2D eigenvalue weighted by molar-refractivity contribution is 0.0526. The lowest BCUT2D eigenvalue weighted by Gasteiger charge is -2.12. The van der Waals surface area contributed by atoms with Crippen LogP contribution >= 0.6 is 34.8 Å². The van der Waals surface area contributed by atoms with E-state index in [2.05, 4.69) is 10.3 Å².